The van der Waals surface area contributed by atoms with E-state index in [-0.39, 0.29) is 0 Å². The van der Waals surface area contributed by atoms with E-state index >= 15 is 0 Å². The lowest BCUT2D eigenvalue weighted by Gasteiger charge is -2.02. The molecule has 0 amide bonds. The van der Waals surface area contributed by atoms with Crippen LogP contribution in [0.4, 0.5) is 4.39 Å². The van der Waals surface area contributed by atoms with Crippen LogP contribution in [0.25, 0.3) is 0 Å². The second-order valence-corrected chi connectivity index (χ2v) is 4.11. The molecule has 3 nitrogen and oxygen atoms in total. The molecule has 0 unspecified atom stereocenters. The van der Waals surface area contributed by atoms with E-state index in [0.29, 0.717) is 0 Å². The molecular formula is C2H2Cl2FO3S. The highest BCUT2D eigenvalue weighted by atomic mass is 35.5. The average molecular weight is 196 g/mol. The van der Waals surface area contributed by atoms with Crippen molar-refractivity contribution in [1.29, 1.82) is 0 Å². The van der Waals surface area contributed by atoms with Crippen molar-refractivity contribution in [3.8, 4) is 0 Å². The Bertz CT molecular complexity index is 180. The van der Waals surface area contributed by atoms with Gasteiger partial charge in [-0.1, -0.05) is 27.8 Å². The van der Waals surface area contributed by atoms with E-state index in [4.69, 9.17) is 0 Å². The van der Waals surface area contributed by atoms with Crippen molar-refractivity contribution < 1.29 is 17.4 Å². The van der Waals surface area contributed by atoms with Crippen LogP contribution in [0, 0.1) is 0 Å². The average Bonchev–Trinajstić information content (AvgIpc) is 1.14. The van der Waals surface area contributed by atoms with Crippen LogP contribution >= 0.6 is 23.2 Å². The summed E-state index contributed by atoms with van der Waals surface area (Å²) in [7, 11) is -4.67. The van der Waals surface area contributed by atoms with Crippen molar-refractivity contribution in [1.82, 2.24) is 0 Å². The molecule has 55 valence electrons. The van der Waals surface area contributed by atoms with Gasteiger partial charge in [0.05, 0.1) is 0 Å². The van der Waals surface area contributed by atoms with Gasteiger partial charge in [0.15, 0.2) is 0 Å². The highest BCUT2D eigenvalue weighted by Crippen LogP contribution is 2.23. The molecule has 0 fully saturated rings. The molecule has 0 atom stereocenters. The number of alkyl halides is 3. The van der Waals surface area contributed by atoms with Crippen LogP contribution in [0.2, 0.25) is 0 Å². The van der Waals surface area contributed by atoms with Gasteiger partial charge in [0, 0.05) is 0 Å². The Kier molecular flexibility index (Phi) is 2.69. The third-order valence-corrected chi connectivity index (χ3v) is 1.68. The highest BCUT2D eigenvalue weighted by Gasteiger charge is 2.30. The monoisotopic (exact) mass is 195 g/mol. The van der Waals surface area contributed by atoms with Gasteiger partial charge >= 0.3 is 0 Å². The van der Waals surface area contributed by atoms with E-state index in [1.807, 2.05) is 0 Å². The van der Waals surface area contributed by atoms with Crippen molar-refractivity contribution in [3.05, 3.63) is 0 Å². The molecule has 0 saturated carbocycles. The summed E-state index contributed by atoms with van der Waals surface area (Å²) in [6.45, 7) is 0. The second-order valence-electron chi connectivity index (χ2n) is 1.32. The largest absolute Gasteiger partial charge is 0.300 e. The third-order valence-electron chi connectivity index (χ3n) is 0.340. The number of halogens is 3. The van der Waals surface area contributed by atoms with E-state index in [2.05, 4.69) is 23.2 Å². The number of rotatable bonds is 2. The van der Waals surface area contributed by atoms with Crippen LogP contribution in [-0.2, 0) is 14.7 Å². The normalized spacial score (nSPS) is 13.8. The van der Waals surface area contributed by atoms with Crippen LogP contribution < -0.4 is 0 Å². The van der Waals surface area contributed by atoms with Gasteiger partial charge in [-0.2, -0.15) is 8.42 Å². The fourth-order valence-electron chi connectivity index (χ4n) is 0.200. The quantitative estimate of drug-likeness (QED) is 0.614. The summed E-state index contributed by atoms with van der Waals surface area (Å²) in [5.41, 5.74) is 0. The van der Waals surface area contributed by atoms with Gasteiger partial charge in [-0.25, -0.2) is 4.39 Å². The molecule has 0 aromatic heterocycles. The van der Waals surface area contributed by atoms with Crippen LogP contribution in [0.15, 0.2) is 0 Å². The fourth-order valence-corrected chi connectivity index (χ4v) is 1.40. The van der Waals surface area contributed by atoms with Crippen molar-refractivity contribution >= 4 is 33.3 Å². The Hall–Kier alpha value is 0.420. The molecule has 0 aliphatic heterocycles. The number of hydrogen-bond acceptors (Lipinski definition) is 2. The molecule has 7 heteroatoms. The zero-order valence-electron chi connectivity index (χ0n) is 3.97. The maximum atomic E-state index is 11.8. The third kappa shape index (κ3) is 8.42. The summed E-state index contributed by atoms with van der Waals surface area (Å²) in [6.07, 6.45) is 0. The van der Waals surface area contributed by atoms with Crippen molar-refractivity contribution in [2.45, 2.75) is 4.59 Å². The summed E-state index contributed by atoms with van der Waals surface area (Å²) in [6, 6.07) is 0. The molecule has 0 aromatic carbocycles. The van der Waals surface area contributed by atoms with Gasteiger partial charge in [-0.15, -0.1) is 0 Å². The van der Waals surface area contributed by atoms with E-state index in [0.717, 1.165) is 0 Å². The zero-order valence-corrected chi connectivity index (χ0v) is 6.30. The molecular weight excluding hydrogens is 194 g/mol. The zero-order chi connectivity index (χ0) is 7.71. The van der Waals surface area contributed by atoms with Crippen LogP contribution in [0.1, 0.15) is 0 Å². The Balaban J connectivity index is 4.07. The first-order chi connectivity index (χ1) is 3.71. The summed E-state index contributed by atoms with van der Waals surface area (Å²) >= 11 is 9.07. The fraction of sp³-hybridized carbons (Fsp3) is 1.00. The molecule has 0 aliphatic rings. The van der Waals surface area contributed by atoms with Crippen LogP contribution in [-0.4, -0.2) is 18.8 Å². The van der Waals surface area contributed by atoms with E-state index in [1.54, 1.807) is 0 Å². The first-order valence-corrected chi connectivity index (χ1v) is 4.04. The maximum absolute atomic E-state index is 11.8. The summed E-state index contributed by atoms with van der Waals surface area (Å²) < 4.78 is 37.9. The molecule has 0 aliphatic carbocycles. The first kappa shape index (κ1) is 9.42. The molecule has 9 heavy (non-hydrogen) atoms. The lowest BCUT2D eigenvalue weighted by Crippen LogP contribution is -2.18. The maximum Gasteiger partial charge on any atom is 0.300 e. The van der Waals surface area contributed by atoms with E-state index < -0.39 is 20.5 Å². The lowest BCUT2D eigenvalue weighted by molar-refractivity contribution is 0.378. The van der Waals surface area contributed by atoms with Gasteiger partial charge in [0.25, 0.3) is 14.7 Å². The molecule has 0 N–H and O–H groups in total. The van der Waals surface area contributed by atoms with Gasteiger partial charge < -0.3 is 0 Å². The Labute approximate surface area is 61.5 Å². The molecule has 0 rings (SSSR count). The molecule has 0 saturated heterocycles. The van der Waals surface area contributed by atoms with Crippen LogP contribution in [0.5, 0.6) is 0 Å². The highest BCUT2D eigenvalue weighted by molar-refractivity contribution is 7.85. The summed E-state index contributed by atoms with van der Waals surface area (Å²) in [4.78, 5) is 0. The van der Waals surface area contributed by atoms with Crippen molar-refractivity contribution in [2.75, 3.05) is 5.75 Å². The molecule has 0 heterocycles. The van der Waals surface area contributed by atoms with Gasteiger partial charge in [0.1, 0.15) is 5.75 Å². The predicted octanol–water partition coefficient (Wildman–Crippen LogP) is 0.848. The minimum absolute atomic E-state index is 1.43. The first-order valence-electron chi connectivity index (χ1n) is 1.71. The van der Waals surface area contributed by atoms with Crippen molar-refractivity contribution in [3.63, 3.8) is 0 Å². The Morgan fingerprint density at radius 1 is 1.44 bits per heavy atom. The topological polar surface area (TPSA) is 54.0 Å². The molecule has 1 radical (unpaired) electrons. The molecule has 0 spiro atoms. The smallest absolute Gasteiger partial charge is 0.207 e. The van der Waals surface area contributed by atoms with E-state index in [1.165, 1.54) is 0 Å². The van der Waals surface area contributed by atoms with Crippen LogP contribution in [0.3, 0.4) is 0 Å². The van der Waals surface area contributed by atoms with E-state index in [9.17, 15) is 17.4 Å². The second kappa shape index (κ2) is 2.57. The SMILES string of the molecule is [O]S(=O)(=O)CC(F)(Cl)Cl. The standard InChI is InChI=1S/C2H2Cl2FO3S/c3-2(4,5)1-9(6,7)8/h1H2. The minimum Gasteiger partial charge on any atom is -0.207 e. The molecule has 0 aromatic rings. The van der Waals surface area contributed by atoms with Gasteiger partial charge in [-0.05, 0) is 0 Å². The Morgan fingerprint density at radius 2 is 1.78 bits per heavy atom. The van der Waals surface area contributed by atoms with Gasteiger partial charge in [-0.3, -0.25) is 0 Å². The van der Waals surface area contributed by atoms with Gasteiger partial charge in [0.2, 0.25) is 0 Å². The summed E-state index contributed by atoms with van der Waals surface area (Å²) in [5.74, 6) is -1.43. The predicted molar refractivity (Wildman–Crippen MR) is 30.0 cm³/mol. The van der Waals surface area contributed by atoms with Crippen molar-refractivity contribution in [2.24, 2.45) is 0 Å². The molecule has 0 bridgehead atoms. The number of hydrogen-bond donors (Lipinski definition) is 0. The summed E-state index contributed by atoms with van der Waals surface area (Å²) in [5, 5.41) is 0. The minimum atomic E-state index is -4.67. The lowest BCUT2D eigenvalue weighted by atomic mass is 10.9. The Morgan fingerprint density at radius 3 is 1.78 bits per heavy atom.